The minimum atomic E-state index is -0.220. The smallest absolute Gasteiger partial charge is 0.326 e. The van der Waals surface area contributed by atoms with Crippen molar-refractivity contribution >= 4 is 23.5 Å². The number of amides is 2. The lowest BCUT2D eigenvalue weighted by atomic mass is 10.2. The van der Waals surface area contributed by atoms with Crippen LogP contribution in [0.5, 0.6) is 11.5 Å². The van der Waals surface area contributed by atoms with Gasteiger partial charge in [-0.15, -0.1) is 0 Å². The van der Waals surface area contributed by atoms with E-state index in [0.29, 0.717) is 18.8 Å². The summed E-state index contributed by atoms with van der Waals surface area (Å²) in [5.74, 6) is 1.51. The summed E-state index contributed by atoms with van der Waals surface area (Å²) in [7, 11) is 1.61. The molecule has 2 amide bonds. The molecule has 3 rings (SSSR count). The highest BCUT2D eigenvalue weighted by molar-refractivity contribution is 6.02. The number of ether oxygens (including phenoxy) is 2. The number of anilines is 2. The van der Waals surface area contributed by atoms with Gasteiger partial charge in [-0.3, -0.25) is 4.90 Å². The number of hydrogen-bond acceptors (Lipinski definition) is 3. The summed E-state index contributed by atoms with van der Waals surface area (Å²) in [6, 6.07) is 24.5. The van der Waals surface area contributed by atoms with Crippen LogP contribution in [0.3, 0.4) is 0 Å². The van der Waals surface area contributed by atoms with E-state index in [0.717, 1.165) is 22.7 Å². The van der Waals surface area contributed by atoms with Gasteiger partial charge in [0, 0.05) is 17.9 Å². The van der Waals surface area contributed by atoms with Crippen LogP contribution < -0.4 is 19.7 Å². The average molecular weight is 402 g/mol. The molecule has 0 heterocycles. The van der Waals surface area contributed by atoms with Gasteiger partial charge >= 0.3 is 6.03 Å². The van der Waals surface area contributed by atoms with Crippen molar-refractivity contribution in [3.05, 3.63) is 90.5 Å². The van der Waals surface area contributed by atoms with E-state index < -0.39 is 0 Å². The Morgan fingerprint density at radius 1 is 0.933 bits per heavy atom. The summed E-state index contributed by atoms with van der Waals surface area (Å²) >= 11 is 0. The zero-order chi connectivity index (χ0) is 21.2. The van der Waals surface area contributed by atoms with Gasteiger partial charge in [0.1, 0.15) is 11.5 Å². The van der Waals surface area contributed by atoms with Crippen LogP contribution >= 0.6 is 0 Å². The van der Waals surface area contributed by atoms with Crippen LogP contribution in [0, 0.1) is 0 Å². The molecule has 3 aromatic rings. The monoisotopic (exact) mass is 402 g/mol. The minimum absolute atomic E-state index is 0.220. The summed E-state index contributed by atoms with van der Waals surface area (Å²) in [6.45, 7) is 2.96. The second kappa shape index (κ2) is 10.7. The molecule has 0 saturated carbocycles. The Kier molecular flexibility index (Phi) is 7.50. The zero-order valence-electron chi connectivity index (χ0n) is 17.2. The molecule has 5 heteroatoms. The van der Waals surface area contributed by atoms with Crippen molar-refractivity contribution in [3.8, 4) is 11.5 Å². The third-order valence-electron chi connectivity index (χ3n) is 4.44. The number of methoxy groups -OCH3 is 1. The second-order valence-corrected chi connectivity index (χ2v) is 6.51. The summed E-state index contributed by atoms with van der Waals surface area (Å²) in [6.07, 6.45) is 3.97. The Labute approximate surface area is 177 Å². The molecule has 0 atom stereocenters. The largest absolute Gasteiger partial charge is 0.497 e. The lowest BCUT2D eigenvalue weighted by Crippen LogP contribution is -2.35. The van der Waals surface area contributed by atoms with E-state index in [-0.39, 0.29) is 6.03 Å². The Morgan fingerprint density at radius 3 is 2.23 bits per heavy atom. The molecule has 0 unspecified atom stereocenters. The van der Waals surface area contributed by atoms with Gasteiger partial charge in [-0.1, -0.05) is 42.5 Å². The fourth-order valence-corrected chi connectivity index (χ4v) is 2.92. The first-order valence-electron chi connectivity index (χ1n) is 9.86. The number of urea groups is 1. The number of carbonyl (C=O) groups excluding carboxylic acids is 1. The van der Waals surface area contributed by atoms with E-state index in [1.807, 2.05) is 97.9 Å². The van der Waals surface area contributed by atoms with Crippen molar-refractivity contribution in [1.29, 1.82) is 0 Å². The molecule has 30 heavy (non-hydrogen) atoms. The van der Waals surface area contributed by atoms with Crippen molar-refractivity contribution in [1.82, 2.24) is 0 Å². The molecule has 3 aromatic carbocycles. The number of hydrogen-bond donors (Lipinski definition) is 1. The average Bonchev–Trinajstić information content (AvgIpc) is 2.79. The van der Waals surface area contributed by atoms with Gasteiger partial charge in [0.15, 0.2) is 0 Å². The molecular formula is C25H26N2O3. The minimum Gasteiger partial charge on any atom is -0.497 e. The molecule has 0 spiro atoms. The Balaban J connectivity index is 1.77. The maximum Gasteiger partial charge on any atom is 0.326 e. The molecule has 0 aliphatic heterocycles. The highest BCUT2D eigenvalue weighted by Crippen LogP contribution is 2.22. The second-order valence-electron chi connectivity index (χ2n) is 6.51. The molecule has 1 N–H and O–H groups in total. The van der Waals surface area contributed by atoms with Crippen LogP contribution in [-0.4, -0.2) is 26.3 Å². The SMILES string of the molecule is CCOc1ccc(N(CC=Cc2ccccc2)C(=O)Nc2ccc(OC)cc2)cc1. The van der Waals surface area contributed by atoms with Crippen molar-refractivity contribution in [3.63, 3.8) is 0 Å². The highest BCUT2D eigenvalue weighted by atomic mass is 16.5. The van der Waals surface area contributed by atoms with Crippen LogP contribution in [0.4, 0.5) is 16.2 Å². The molecule has 0 fully saturated rings. The lowest BCUT2D eigenvalue weighted by molar-refractivity contribution is 0.257. The van der Waals surface area contributed by atoms with Crippen LogP contribution in [0.15, 0.2) is 84.9 Å². The first-order chi connectivity index (χ1) is 14.7. The fourth-order valence-electron chi connectivity index (χ4n) is 2.92. The van der Waals surface area contributed by atoms with E-state index in [1.165, 1.54) is 0 Å². The number of nitrogens with zero attached hydrogens (tertiary/aromatic N) is 1. The number of carbonyl (C=O) groups is 1. The Bertz CT molecular complexity index is 952. The molecule has 0 saturated heterocycles. The maximum absolute atomic E-state index is 13.0. The van der Waals surface area contributed by atoms with Crippen LogP contribution in [0.1, 0.15) is 12.5 Å². The quantitative estimate of drug-likeness (QED) is 0.514. The summed E-state index contributed by atoms with van der Waals surface area (Å²) in [4.78, 5) is 14.7. The van der Waals surface area contributed by atoms with E-state index in [4.69, 9.17) is 9.47 Å². The van der Waals surface area contributed by atoms with Gasteiger partial charge in [0.2, 0.25) is 0 Å². The third kappa shape index (κ3) is 5.88. The Morgan fingerprint density at radius 2 is 1.60 bits per heavy atom. The summed E-state index contributed by atoms with van der Waals surface area (Å²) in [5.41, 5.74) is 2.56. The van der Waals surface area contributed by atoms with Gasteiger partial charge < -0.3 is 14.8 Å². The van der Waals surface area contributed by atoms with Crippen LogP contribution in [0.2, 0.25) is 0 Å². The standard InChI is InChI=1S/C25H26N2O3/c1-3-30-24-17-13-22(14-18-24)27(19-7-10-20-8-5-4-6-9-20)25(28)26-21-11-15-23(29-2)16-12-21/h4-18H,3,19H2,1-2H3,(H,26,28). The molecule has 0 aliphatic carbocycles. The first-order valence-corrected chi connectivity index (χ1v) is 9.86. The molecule has 0 radical (unpaired) electrons. The summed E-state index contributed by atoms with van der Waals surface area (Å²) in [5, 5.41) is 2.95. The maximum atomic E-state index is 13.0. The van der Waals surface area contributed by atoms with Crippen molar-refractivity contribution in [2.24, 2.45) is 0 Å². The van der Waals surface area contributed by atoms with Crippen LogP contribution in [-0.2, 0) is 0 Å². The topological polar surface area (TPSA) is 50.8 Å². The predicted molar refractivity (Wildman–Crippen MR) is 122 cm³/mol. The molecule has 0 bridgehead atoms. The molecule has 5 nitrogen and oxygen atoms in total. The first kappa shape index (κ1) is 21.0. The van der Waals surface area contributed by atoms with Gasteiger partial charge in [-0.2, -0.15) is 0 Å². The third-order valence-corrected chi connectivity index (χ3v) is 4.44. The van der Waals surface area contributed by atoms with Gasteiger partial charge in [-0.25, -0.2) is 4.79 Å². The van der Waals surface area contributed by atoms with E-state index in [1.54, 1.807) is 12.0 Å². The van der Waals surface area contributed by atoms with Gasteiger partial charge in [0.25, 0.3) is 0 Å². The highest BCUT2D eigenvalue weighted by Gasteiger charge is 2.15. The molecular weight excluding hydrogens is 376 g/mol. The normalized spacial score (nSPS) is 10.6. The zero-order valence-corrected chi connectivity index (χ0v) is 17.2. The van der Waals surface area contributed by atoms with Crippen molar-refractivity contribution in [2.45, 2.75) is 6.92 Å². The van der Waals surface area contributed by atoms with Crippen molar-refractivity contribution < 1.29 is 14.3 Å². The van der Waals surface area contributed by atoms with Gasteiger partial charge in [-0.05, 0) is 61.0 Å². The number of nitrogens with one attached hydrogen (secondary N) is 1. The van der Waals surface area contributed by atoms with E-state index in [2.05, 4.69) is 5.32 Å². The number of benzene rings is 3. The van der Waals surface area contributed by atoms with Crippen LogP contribution in [0.25, 0.3) is 6.08 Å². The van der Waals surface area contributed by atoms with E-state index >= 15 is 0 Å². The van der Waals surface area contributed by atoms with E-state index in [9.17, 15) is 4.79 Å². The molecule has 0 aromatic heterocycles. The Hall–Kier alpha value is -3.73. The lowest BCUT2D eigenvalue weighted by Gasteiger charge is -2.22. The fraction of sp³-hybridized carbons (Fsp3) is 0.160. The predicted octanol–water partition coefficient (Wildman–Crippen LogP) is 5.85. The summed E-state index contributed by atoms with van der Waals surface area (Å²) < 4.78 is 10.7. The van der Waals surface area contributed by atoms with Crippen molar-refractivity contribution in [2.75, 3.05) is 30.5 Å². The molecule has 0 aliphatic rings. The molecule has 154 valence electrons. The van der Waals surface area contributed by atoms with Gasteiger partial charge in [0.05, 0.1) is 13.7 Å². The number of rotatable bonds is 8.